The smallest absolute Gasteiger partial charge is 0.139 e. The van der Waals surface area contributed by atoms with Gasteiger partial charge in [-0.3, -0.25) is 4.90 Å². The van der Waals surface area contributed by atoms with E-state index in [-0.39, 0.29) is 0 Å². The van der Waals surface area contributed by atoms with Gasteiger partial charge in [0.2, 0.25) is 0 Å². The van der Waals surface area contributed by atoms with Crippen LogP contribution in [0.3, 0.4) is 0 Å². The van der Waals surface area contributed by atoms with E-state index in [1.165, 1.54) is 24.9 Å². The minimum atomic E-state index is 0.536. The van der Waals surface area contributed by atoms with Gasteiger partial charge in [0.1, 0.15) is 5.82 Å². The molecule has 0 radical (unpaired) electrons. The van der Waals surface area contributed by atoms with Crippen LogP contribution in [0, 0.1) is 0 Å². The highest BCUT2D eigenvalue weighted by molar-refractivity contribution is 5.34. The van der Waals surface area contributed by atoms with Gasteiger partial charge >= 0.3 is 0 Å². The lowest BCUT2D eigenvalue weighted by molar-refractivity contribution is 0.317. The highest BCUT2D eigenvalue weighted by atomic mass is 15.2. The van der Waals surface area contributed by atoms with Crippen LogP contribution in [0.1, 0.15) is 24.4 Å². The molecule has 0 aromatic carbocycles. The lowest BCUT2D eigenvalue weighted by Crippen LogP contribution is -2.17. The lowest BCUT2D eigenvalue weighted by Gasteiger charge is -2.19. The molecule has 1 saturated heterocycles. The molecule has 1 aromatic heterocycles. The number of pyridine rings is 1. The van der Waals surface area contributed by atoms with Gasteiger partial charge in [0.25, 0.3) is 0 Å². The molecular formula is C10H16N4. The topological polar surface area (TPSA) is 54.2 Å². The predicted octanol–water partition coefficient (Wildman–Crippen LogP) is 1.13. The third-order valence-corrected chi connectivity index (χ3v) is 2.84. The van der Waals surface area contributed by atoms with Crippen LogP contribution >= 0.6 is 0 Å². The molecular weight excluding hydrogens is 176 g/mol. The van der Waals surface area contributed by atoms with Gasteiger partial charge in [-0.05, 0) is 38.1 Å². The fraction of sp³-hybridized carbons (Fsp3) is 0.500. The van der Waals surface area contributed by atoms with Crippen LogP contribution < -0.4 is 11.3 Å². The van der Waals surface area contributed by atoms with Crippen molar-refractivity contribution < 1.29 is 0 Å². The van der Waals surface area contributed by atoms with Gasteiger partial charge in [-0.1, -0.05) is 6.07 Å². The van der Waals surface area contributed by atoms with Crippen LogP contribution in [0.25, 0.3) is 0 Å². The van der Waals surface area contributed by atoms with E-state index in [0.717, 1.165) is 5.82 Å². The number of nitrogen functional groups attached to an aromatic ring is 1. The second-order valence-corrected chi connectivity index (χ2v) is 3.76. The molecule has 0 aliphatic carbocycles. The summed E-state index contributed by atoms with van der Waals surface area (Å²) in [6, 6.07) is 4.55. The zero-order chi connectivity index (χ0) is 9.97. The molecule has 1 aliphatic heterocycles. The van der Waals surface area contributed by atoms with Crippen LogP contribution in [0.2, 0.25) is 0 Å². The second-order valence-electron chi connectivity index (χ2n) is 3.76. The predicted molar refractivity (Wildman–Crippen MR) is 56.7 cm³/mol. The van der Waals surface area contributed by atoms with Crippen LogP contribution in [-0.4, -0.2) is 23.5 Å². The number of hydrogen-bond donors (Lipinski definition) is 2. The fourth-order valence-electron chi connectivity index (χ4n) is 2.02. The number of hydrazine groups is 1. The van der Waals surface area contributed by atoms with E-state index in [1.54, 1.807) is 0 Å². The van der Waals surface area contributed by atoms with E-state index in [0.29, 0.717) is 6.04 Å². The SMILES string of the molecule is CN1CCCC1c1ccc(NN)nc1. The van der Waals surface area contributed by atoms with Crippen LogP contribution in [0.15, 0.2) is 18.3 Å². The number of aromatic nitrogens is 1. The highest BCUT2D eigenvalue weighted by Crippen LogP contribution is 2.29. The molecule has 1 aromatic rings. The van der Waals surface area contributed by atoms with Crippen LogP contribution in [0.5, 0.6) is 0 Å². The molecule has 4 heteroatoms. The van der Waals surface area contributed by atoms with E-state index in [2.05, 4.69) is 28.4 Å². The summed E-state index contributed by atoms with van der Waals surface area (Å²) in [6.45, 7) is 1.18. The molecule has 1 aliphatic rings. The maximum atomic E-state index is 5.26. The zero-order valence-electron chi connectivity index (χ0n) is 8.40. The van der Waals surface area contributed by atoms with Gasteiger partial charge in [0.05, 0.1) is 0 Å². The van der Waals surface area contributed by atoms with Crippen molar-refractivity contribution in [1.29, 1.82) is 0 Å². The molecule has 1 unspecified atom stereocenters. The summed E-state index contributed by atoms with van der Waals surface area (Å²) in [5.41, 5.74) is 3.81. The van der Waals surface area contributed by atoms with E-state index in [1.807, 2.05) is 12.3 Å². The average Bonchev–Trinajstić information content (AvgIpc) is 2.65. The number of hydrogen-bond acceptors (Lipinski definition) is 4. The Morgan fingerprint density at radius 1 is 1.57 bits per heavy atom. The summed E-state index contributed by atoms with van der Waals surface area (Å²) >= 11 is 0. The first-order chi connectivity index (χ1) is 6.81. The molecule has 1 atom stereocenters. The molecule has 2 rings (SSSR count). The van der Waals surface area contributed by atoms with Crippen molar-refractivity contribution >= 4 is 5.82 Å². The monoisotopic (exact) mass is 192 g/mol. The first-order valence-electron chi connectivity index (χ1n) is 4.94. The molecule has 0 spiro atoms. The van der Waals surface area contributed by atoms with Crippen molar-refractivity contribution in [3.8, 4) is 0 Å². The number of nitrogens with zero attached hydrogens (tertiary/aromatic N) is 2. The molecule has 0 saturated carbocycles. The van der Waals surface area contributed by atoms with Crippen molar-refractivity contribution in [2.75, 3.05) is 19.0 Å². The average molecular weight is 192 g/mol. The third-order valence-electron chi connectivity index (χ3n) is 2.84. The Labute approximate surface area is 84.1 Å². The fourth-order valence-corrected chi connectivity index (χ4v) is 2.02. The Balaban J connectivity index is 2.16. The summed E-state index contributed by atoms with van der Waals surface area (Å²) < 4.78 is 0. The summed E-state index contributed by atoms with van der Waals surface area (Å²) in [5.74, 6) is 5.97. The molecule has 0 bridgehead atoms. The van der Waals surface area contributed by atoms with Crippen molar-refractivity contribution in [2.24, 2.45) is 5.84 Å². The summed E-state index contributed by atoms with van der Waals surface area (Å²) in [5, 5.41) is 0. The highest BCUT2D eigenvalue weighted by Gasteiger charge is 2.22. The summed E-state index contributed by atoms with van der Waals surface area (Å²) in [6.07, 6.45) is 4.41. The largest absolute Gasteiger partial charge is 0.308 e. The standard InChI is InChI=1S/C10H16N4/c1-14-6-2-3-9(14)8-4-5-10(13-11)12-7-8/h4-5,7,9H,2-3,6,11H2,1H3,(H,12,13). The molecule has 1 fully saturated rings. The number of rotatable bonds is 2. The Hall–Kier alpha value is -1.13. The number of nitrogens with one attached hydrogen (secondary N) is 1. The van der Waals surface area contributed by atoms with Crippen molar-refractivity contribution in [3.63, 3.8) is 0 Å². The maximum absolute atomic E-state index is 5.26. The number of anilines is 1. The first-order valence-corrected chi connectivity index (χ1v) is 4.94. The molecule has 76 valence electrons. The Morgan fingerprint density at radius 2 is 2.43 bits per heavy atom. The molecule has 4 nitrogen and oxygen atoms in total. The number of nitrogens with two attached hydrogens (primary N) is 1. The Kier molecular flexibility index (Phi) is 2.65. The lowest BCUT2D eigenvalue weighted by atomic mass is 10.1. The van der Waals surface area contributed by atoms with Crippen LogP contribution in [-0.2, 0) is 0 Å². The minimum Gasteiger partial charge on any atom is -0.308 e. The van der Waals surface area contributed by atoms with E-state index < -0.39 is 0 Å². The van der Waals surface area contributed by atoms with Crippen molar-refractivity contribution in [2.45, 2.75) is 18.9 Å². The van der Waals surface area contributed by atoms with Gasteiger partial charge in [-0.25, -0.2) is 10.8 Å². The quantitative estimate of drug-likeness (QED) is 0.545. The zero-order valence-corrected chi connectivity index (χ0v) is 8.40. The third kappa shape index (κ3) is 1.71. The molecule has 3 N–H and O–H groups in total. The normalized spacial score (nSPS) is 22.6. The van der Waals surface area contributed by atoms with E-state index in [4.69, 9.17) is 5.84 Å². The summed E-state index contributed by atoms with van der Waals surface area (Å²) in [7, 11) is 2.16. The second kappa shape index (κ2) is 3.94. The van der Waals surface area contributed by atoms with E-state index in [9.17, 15) is 0 Å². The Morgan fingerprint density at radius 3 is 2.93 bits per heavy atom. The Bertz CT molecular complexity index is 295. The van der Waals surface area contributed by atoms with Gasteiger partial charge in [-0.2, -0.15) is 0 Å². The van der Waals surface area contributed by atoms with Crippen LogP contribution in [0.4, 0.5) is 5.82 Å². The summed E-state index contributed by atoms with van der Waals surface area (Å²) in [4.78, 5) is 6.58. The number of likely N-dealkylation sites (tertiary alicyclic amines) is 1. The van der Waals surface area contributed by atoms with Gasteiger partial charge in [-0.15, -0.1) is 0 Å². The first kappa shape index (κ1) is 9.43. The molecule has 14 heavy (non-hydrogen) atoms. The maximum Gasteiger partial charge on any atom is 0.139 e. The van der Waals surface area contributed by atoms with Gasteiger partial charge < -0.3 is 5.43 Å². The van der Waals surface area contributed by atoms with E-state index >= 15 is 0 Å². The van der Waals surface area contributed by atoms with Crippen molar-refractivity contribution in [1.82, 2.24) is 9.88 Å². The van der Waals surface area contributed by atoms with Gasteiger partial charge in [0.15, 0.2) is 0 Å². The minimum absolute atomic E-state index is 0.536. The molecule has 0 amide bonds. The van der Waals surface area contributed by atoms with Gasteiger partial charge in [0, 0.05) is 12.2 Å². The molecule has 2 heterocycles. The van der Waals surface area contributed by atoms with Crippen molar-refractivity contribution in [3.05, 3.63) is 23.9 Å².